The fraction of sp³-hybridized carbons (Fsp3) is 0.647. The molecule has 0 unspecified atom stereocenters. The van der Waals surface area contributed by atoms with E-state index in [2.05, 4.69) is 54.6 Å². The van der Waals surface area contributed by atoms with Crippen molar-refractivity contribution < 1.29 is 0 Å². The van der Waals surface area contributed by atoms with Gasteiger partial charge in [0.05, 0.1) is 0 Å². The van der Waals surface area contributed by atoms with E-state index in [-0.39, 0.29) is 0 Å². The summed E-state index contributed by atoms with van der Waals surface area (Å²) in [6.07, 6.45) is 6.77. The number of hydrogen-bond acceptors (Lipinski definition) is 2. The Morgan fingerprint density at radius 1 is 1.16 bits per heavy atom. The lowest BCUT2D eigenvalue weighted by Gasteiger charge is -2.33. The Balaban J connectivity index is 1.81. The van der Waals surface area contributed by atoms with E-state index in [1.165, 1.54) is 44.3 Å². The molecule has 0 amide bonds. The van der Waals surface area contributed by atoms with Gasteiger partial charge in [0.15, 0.2) is 0 Å². The van der Waals surface area contributed by atoms with Crippen LogP contribution in [0.4, 0.5) is 0 Å². The fourth-order valence-electron chi connectivity index (χ4n) is 3.51. The third-order valence-corrected chi connectivity index (χ3v) is 4.45. The molecule has 1 aliphatic rings. The summed E-state index contributed by atoms with van der Waals surface area (Å²) in [5, 5.41) is 3.40. The Kier molecular flexibility index (Phi) is 5.41. The van der Waals surface area contributed by atoms with Crippen LogP contribution in [0.25, 0.3) is 0 Å². The Morgan fingerprint density at radius 3 is 2.47 bits per heavy atom. The van der Waals surface area contributed by atoms with Gasteiger partial charge in [-0.25, -0.2) is 0 Å². The summed E-state index contributed by atoms with van der Waals surface area (Å²) in [5.74, 6) is 0. The minimum Gasteiger partial charge on any atom is -0.319 e. The summed E-state index contributed by atoms with van der Waals surface area (Å²) >= 11 is 0. The standard InChI is InChI=1S/C17H28N2/c1-18-14-17(11-6-7-12-17)15-19(2)13-10-16-8-4-3-5-9-16/h3-5,8-9,18H,6-7,10-15H2,1-2H3. The van der Waals surface area contributed by atoms with Crippen molar-refractivity contribution in [1.29, 1.82) is 0 Å². The fourth-order valence-corrected chi connectivity index (χ4v) is 3.51. The monoisotopic (exact) mass is 260 g/mol. The third kappa shape index (κ3) is 4.32. The first-order chi connectivity index (χ1) is 9.24. The van der Waals surface area contributed by atoms with Gasteiger partial charge in [0.2, 0.25) is 0 Å². The third-order valence-electron chi connectivity index (χ3n) is 4.45. The number of likely N-dealkylation sites (N-methyl/N-ethyl adjacent to an activating group) is 1. The number of nitrogens with zero attached hydrogens (tertiary/aromatic N) is 1. The zero-order chi connectivity index (χ0) is 13.6. The van der Waals surface area contributed by atoms with Crippen LogP contribution in [0.15, 0.2) is 30.3 Å². The molecular formula is C17H28N2. The SMILES string of the molecule is CNCC1(CN(C)CCc2ccccc2)CCCC1. The molecule has 0 aliphatic heterocycles. The molecule has 1 aromatic rings. The van der Waals surface area contributed by atoms with Crippen LogP contribution in [0.1, 0.15) is 31.2 Å². The molecule has 2 nitrogen and oxygen atoms in total. The van der Waals surface area contributed by atoms with Crippen LogP contribution in [-0.4, -0.2) is 38.6 Å². The quantitative estimate of drug-likeness (QED) is 0.811. The molecule has 0 radical (unpaired) electrons. The van der Waals surface area contributed by atoms with Crippen LogP contribution < -0.4 is 5.32 Å². The van der Waals surface area contributed by atoms with Gasteiger partial charge >= 0.3 is 0 Å². The first-order valence-corrected chi connectivity index (χ1v) is 7.61. The maximum atomic E-state index is 3.40. The molecule has 1 N–H and O–H groups in total. The molecule has 0 aromatic heterocycles. The molecule has 0 spiro atoms. The van der Waals surface area contributed by atoms with E-state index in [1.54, 1.807) is 0 Å². The Hall–Kier alpha value is -0.860. The number of nitrogens with one attached hydrogen (secondary N) is 1. The smallest absolute Gasteiger partial charge is 0.00472 e. The van der Waals surface area contributed by atoms with E-state index in [4.69, 9.17) is 0 Å². The molecule has 1 saturated carbocycles. The van der Waals surface area contributed by atoms with E-state index in [0.29, 0.717) is 5.41 Å². The van der Waals surface area contributed by atoms with Crippen LogP contribution in [0, 0.1) is 5.41 Å². The molecule has 0 saturated heterocycles. The van der Waals surface area contributed by atoms with Crippen molar-refractivity contribution in [2.75, 3.05) is 33.7 Å². The summed E-state index contributed by atoms with van der Waals surface area (Å²) in [5.41, 5.74) is 1.98. The lowest BCUT2D eigenvalue weighted by atomic mass is 9.85. The van der Waals surface area contributed by atoms with Gasteiger partial charge in [-0.3, -0.25) is 0 Å². The molecular weight excluding hydrogens is 232 g/mol. The topological polar surface area (TPSA) is 15.3 Å². The average molecular weight is 260 g/mol. The molecule has 1 aliphatic carbocycles. The molecule has 2 rings (SSSR count). The first kappa shape index (κ1) is 14.5. The summed E-state index contributed by atoms with van der Waals surface area (Å²) in [7, 11) is 4.36. The second-order valence-electron chi connectivity index (χ2n) is 6.21. The first-order valence-electron chi connectivity index (χ1n) is 7.61. The van der Waals surface area contributed by atoms with E-state index < -0.39 is 0 Å². The molecule has 19 heavy (non-hydrogen) atoms. The van der Waals surface area contributed by atoms with E-state index in [0.717, 1.165) is 13.0 Å². The maximum absolute atomic E-state index is 3.40. The molecule has 1 fully saturated rings. The summed E-state index contributed by atoms with van der Waals surface area (Å²) in [6, 6.07) is 10.8. The summed E-state index contributed by atoms with van der Waals surface area (Å²) in [4.78, 5) is 2.52. The van der Waals surface area contributed by atoms with Gasteiger partial charge < -0.3 is 10.2 Å². The van der Waals surface area contributed by atoms with Crippen LogP contribution in [-0.2, 0) is 6.42 Å². The van der Waals surface area contributed by atoms with Crippen molar-refractivity contribution in [3.63, 3.8) is 0 Å². The van der Waals surface area contributed by atoms with E-state index in [9.17, 15) is 0 Å². The number of hydrogen-bond donors (Lipinski definition) is 1. The van der Waals surface area contributed by atoms with Gasteiger partial charge in [-0.1, -0.05) is 43.2 Å². The lowest BCUT2D eigenvalue weighted by molar-refractivity contribution is 0.177. The van der Waals surface area contributed by atoms with Crippen molar-refractivity contribution in [2.45, 2.75) is 32.1 Å². The van der Waals surface area contributed by atoms with Crippen molar-refractivity contribution in [3.8, 4) is 0 Å². The molecule has 2 heteroatoms. The predicted octanol–water partition coefficient (Wildman–Crippen LogP) is 2.94. The highest BCUT2D eigenvalue weighted by molar-refractivity contribution is 5.14. The molecule has 106 valence electrons. The summed E-state index contributed by atoms with van der Waals surface area (Å²) < 4.78 is 0. The van der Waals surface area contributed by atoms with Crippen LogP contribution in [0.3, 0.4) is 0 Å². The zero-order valence-corrected chi connectivity index (χ0v) is 12.5. The average Bonchev–Trinajstić information content (AvgIpc) is 2.86. The molecule has 1 aromatic carbocycles. The second kappa shape index (κ2) is 7.06. The van der Waals surface area contributed by atoms with E-state index >= 15 is 0 Å². The second-order valence-corrected chi connectivity index (χ2v) is 6.21. The van der Waals surface area contributed by atoms with Crippen LogP contribution in [0.5, 0.6) is 0 Å². The van der Waals surface area contributed by atoms with Gasteiger partial charge in [0.25, 0.3) is 0 Å². The Bertz CT molecular complexity index is 355. The Morgan fingerprint density at radius 2 is 1.84 bits per heavy atom. The summed E-state index contributed by atoms with van der Waals surface area (Å²) in [6.45, 7) is 3.57. The zero-order valence-electron chi connectivity index (χ0n) is 12.5. The number of rotatable bonds is 7. The largest absolute Gasteiger partial charge is 0.319 e. The van der Waals surface area contributed by atoms with Gasteiger partial charge in [0, 0.05) is 19.6 Å². The molecule has 0 bridgehead atoms. The molecule has 0 heterocycles. The van der Waals surface area contributed by atoms with Crippen molar-refractivity contribution >= 4 is 0 Å². The maximum Gasteiger partial charge on any atom is 0.00472 e. The van der Waals surface area contributed by atoms with Crippen molar-refractivity contribution in [2.24, 2.45) is 5.41 Å². The van der Waals surface area contributed by atoms with Crippen LogP contribution >= 0.6 is 0 Å². The lowest BCUT2D eigenvalue weighted by Crippen LogP contribution is -2.41. The minimum absolute atomic E-state index is 0.528. The highest BCUT2D eigenvalue weighted by atomic mass is 15.1. The normalized spacial score (nSPS) is 18.1. The van der Waals surface area contributed by atoms with Crippen molar-refractivity contribution in [1.82, 2.24) is 10.2 Å². The van der Waals surface area contributed by atoms with Gasteiger partial charge in [0.1, 0.15) is 0 Å². The highest BCUT2D eigenvalue weighted by Crippen LogP contribution is 2.38. The van der Waals surface area contributed by atoms with Crippen LogP contribution in [0.2, 0.25) is 0 Å². The van der Waals surface area contributed by atoms with Gasteiger partial charge in [-0.15, -0.1) is 0 Å². The minimum atomic E-state index is 0.528. The number of benzene rings is 1. The van der Waals surface area contributed by atoms with E-state index in [1.807, 2.05) is 0 Å². The van der Waals surface area contributed by atoms with Gasteiger partial charge in [-0.05, 0) is 44.3 Å². The highest BCUT2D eigenvalue weighted by Gasteiger charge is 2.33. The predicted molar refractivity (Wildman–Crippen MR) is 82.5 cm³/mol. The van der Waals surface area contributed by atoms with Gasteiger partial charge in [-0.2, -0.15) is 0 Å². The Labute approximate surface area is 118 Å². The van der Waals surface area contributed by atoms with Crippen molar-refractivity contribution in [3.05, 3.63) is 35.9 Å². The molecule has 0 atom stereocenters.